The maximum absolute atomic E-state index is 12.7. The van der Waals surface area contributed by atoms with E-state index < -0.39 is 0 Å². The van der Waals surface area contributed by atoms with Gasteiger partial charge in [0.05, 0.1) is 5.69 Å². The van der Waals surface area contributed by atoms with Gasteiger partial charge in [0.15, 0.2) is 5.78 Å². The normalized spacial score (nSPS) is 13.2. The number of hydrogen-bond acceptors (Lipinski definition) is 1. The lowest BCUT2D eigenvalue weighted by Gasteiger charge is -2.31. The van der Waals surface area contributed by atoms with E-state index in [0.717, 1.165) is 12.2 Å². The van der Waals surface area contributed by atoms with E-state index in [-0.39, 0.29) is 16.6 Å². The van der Waals surface area contributed by atoms with Crippen molar-refractivity contribution in [2.24, 2.45) is 22.7 Å². The van der Waals surface area contributed by atoms with E-state index in [1.54, 1.807) is 0 Å². The largest absolute Gasteiger partial charge is 0.345 e. The lowest BCUT2D eigenvalue weighted by atomic mass is 9.76. The Kier molecular flexibility index (Phi) is 5.46. The van der Waals surface area contributed by atoms with Crippen LogP contribution in [0.15, 0.2) is 18.3 Å². The molecule has 0 amide bonds. The molecule has 0 spiro atoms. The predicted octanol–water partition coefficient (Wildman–Crippen LogP) is 5.43. The molecule has 2 nitrogen and oxygen atoms in total. The Morgan fingerprint density at radius 3 is 2.05 bits per heavy atom. The quantitative estimate of drug-likeness (QED) is 0.614. The van der Waals surface area contributed by atoms with Gasteiger partial charge < -0.3 is 4.57 Å². The number of carbonyl (C=O) groups is 1. The molecule has 0 bridgehead atoms. The van der Waals surface area contributed by atoms with E-state index in [0.29, 0.717) is 18.3 Å². The number of aromatic nitrogens is 1. The molecule has 0 N–H and O–H groups in total. The van der Waals surface area contributed by atoms with Crippen LogP contribution in [-0.2, 0) is 6.54 Å². The first-order chi connectivity index (χ1) is 9.47. The molecule has 0 radical (unpaired) electrons. The summed E-state index contributed by atoms with van der Waals surface area (Å²) in [4.78, 5) is 12.7. The highest BCUT2D eigenvalue weighted by Crippen LogP contribution is 2.33. The van der Waals surface area contributed by atoms with E-state index >= 15 is 0 Å². The van der Waals surface area contributed by atoms with E-state index in [2.05, 4.69) is 60.0 Å². The zero-order chi connectivity index (χ0) is 16.4. The van der Waals surface area contributed by atoms with Gasteiger partial charge in [-0.25, -0.2) is 0 Å². The van der Waals surface area contributed by atoms with Crippen molar-refractivity contribution in [2.75, 3.05) is 0 Å². The molecule has 0 aliphatic heterocycles. The van der Waals surface area contributed by atoms with Crippen LogP contribution in [0.3, 0.4) is 0 Å². The van der Waals surface area contributed by atoms with Gasteiger partial charge in [0.25, 0.3) is 0 Å². The Balaban J connectivity index is 2.92. The summed E-state index contributed by atoms with van der Waals surface area (Å²) in [5, 5.41) is 0. The van der Waals surface area contributed by atoms with Crippen molar-refractivity contribution >= 4 is 5.78 Å². The first-order valence-electron chi connectivity index (χ1n) is 8.15. The van der Waals surface area contributed by atoms with Gasteiger partial charge in [0.2, 0.25) is 0 Å². The minimum atomic E-state index is 0.0414. The molecular weight excluding hydrogens is 258 g/mol. The summed E-state index contributed by atoms with van der Waals surface area (Å²) in [6, 6.07) is 3.96. The van der Waals surface area contributed by atoms with Gasteiger partial charge in [-0.2, -0.15) is 0 Å². The van der Waals surface area contributed by atoms with Crippen LogP contribution >= 0.6 is 0 Å². The van der Waals surface area contributed by atoms with E-state index in [4.69, 9.17) is 0 Å². The number of Topliss-reactive ketones (excluding diaryl/α,β-unsaturated/α-hetero) is 1. The summed E-state index contributed by atoms with van der Waals surface area (Å²) in [5.74, 6) is 1.34. The lowest BCUT2D eigenvalue weighted by Crippen LogP contribution is -2.28. The average molecular weight is 291 g/mol. The van der Waals surface area contributed by atoms with Crippen molar-refractivity contribution in [3.05, 3.63) is 24.0 Å². The zero-order valence-corrected chi connectivity index (χ0v) is 15.2. The molecule has 1 heterocycles. The van der Waals surface area contributed by atoms with Crippen LogP contribution in [0, 0.1) is 22.7 Å². The summed E-state index contributed by atoms with van der Waals surface area (Å²) in [6.07, 6.45) is 2.65. The van der Waals surface area contributed by atoms with Crippen LogP contribution in [0.4, 0.5) is 0 Å². The number of rotatable bonds is 7. The third-order valence-electron chi connectivity index (χ3n) is 5.44. The third kappa shape index (κ3) is 4.46. The topological polar surface area (TPSA) is 22.0 Å². The second-order valence-electron chi connectivity index (χ2n) is 8.41. The summed E-state index contributed by atoms with van der Waals surface area (Å²) in [7, 11) is 0. The van der Waals surface area contributed by atoms with Crippen LogP contribution < -0.4 is 0 Å². The zero-order valence-electron chi connectivity index (χ0n) is 15.2. The van der Waals surface area contributed by atoms with Crippen LogP contribution in [0.5, 0.6) is 0 Å². The second-order valence-corrected chi connectivity index (χ2v) is 8.41. The van der Waals surface area contributed by atoms with E-state index in [1.165, 1.54) is 0 Å². The maximum atomic E-state index is 12.7. The Morgan fingerprint density at radius 1 is 1.05 bits per heavy atom. The molecule has 0 aliphatic rings. The second kappa shape index (κ2) is 6.37. The van der Waals surface area contributed by atoms with Gasteiger partial charge in [-0.3, -0.25) is 4.79 Å². The van der Waals surface area contributed by atoms with Crippen molar-refractivity contribution in [1.82, 2.24) is 4.57 Å². The molecule has 0 saturated heterocycles. The Bertz CT molecular complexity index is 478. The van der Waals surface area contributed by atoms with Crippen LogP contribution in [0.2, 0.25) is 0 Å². The van der Waals surface area contributed by atoms with E-state index in [9.17, 15) is 4.79 Å². The molecule has 0 saturated carbocycles. The molecule has 0 aliphatic carbocycles. The SMILES string of the molecule is CC(C)C(C)(C)CC(=O)c1cccn1CC(C)(C)C(C)C. The number of nitrogens with zero attached hydrogens (tertiary/aromatic N) is 1. The van der Waals surface area contributed by atoms with Gasteiger partial charge in [-0.05, 0) is 34.8 Å². The maximum Gasteiger partial charge on any atom is 0.179 e. The highest BCUT2D eigenvalue weighted by Gasteiger charge is 2.29. The minimum Gasteiger partial charge on any atom is -0.345 e. The molecule has 1 aromatic rings. The molecule has 1 aromatic heterocycles. The molecule has 1 rings (SSSR count). The molecule has 2 heteroatoms. The van der Waals surface area contributed by atoms with Crippen LogP contribution in [0.25, 0.3) is 0 Å². The summed E-state index contributed by atoms with van der Waals surface area (Å²) >= 11 is 0. The average Bonchev–Trinajstić information content (AvgIpc) is 2.75. The molecule has 0 atom stereocenters. The minimum absolute atomic E-state index is 0.0414. The predicted molar refractivity (Wildman–Crippen MR) is 90.6 cm³/mol. The first-order valence-corrected chi connectivity index (χ1v) is 8.15. The highest BCUT2D eigenvalue weighted by atomic mass is 16.1. The van der Waals surface area contributed by atoms with Gasteiger partial charge in [-0.15, -0.1) is 0 Å². The number of hydrogen-bond donors (Lipinski definition) is 0. The molecule has 0 unspecified atom stereocenters. The molecular formula is C19H33NO. The number of carbonyl (C=O) groups excluding carboxylic acids is 1. The van der Waals surface area contributed by atoms with Crippen molar-refractivity contribution in [1.29, 1.82) is 0 Å². The third-order valence-corrected chi connectivity index (χ3v) is 5.44. The van der Waals surface area contributed by atoms with Gasteiger partial charge in [0.1, 0.15) is 0 Å². The van der Waals surface area contributed by atoms with Gasteiger partial charge >= 0.3 is 0 Å². The Labute approximate surface area is 130 Å². The smallest absolute Gasteiger partial charge is 0.179 e. The fourth-order valence-electron chi connectivity index (χ4n) is 2.14. The standard InChI is InChI=1S/C19H33NO/c1-14(2)18(5,6)12-17(21)16-10-9-11-20(16)13-19(7,8)15(3)4/h9-11,14-15H,12-13H2,1-8H3. The Morgan fingerprint density at radius 2 is 1.57 bits per heavy atom. The van der Waals surface area contributed by atoms with Crippen molar-refractivity contribution in [3.63, 3.8) is 0 Å². The first kappa shape index (κ1) is 18.0. The summed E-state index contributed by atoms with van der Waals surface area (Å²) < 4.78 is 2.14. The monoisotopic (exact) mass is 291 g/mol. The fraction of sp³-hybridized carbons (Fsp3) is 0.737. The van der Waals surface area contributed by atoms with Crippen LogP contribution in [0.1, 0.15) is 72.3 Å². The molecule has 21 heavy (non-hydrogen) atoms. The molecule has 0 aromatic carbocycles. The van der Waals surface area contributed by atoms with E-state index in [1.807, 2.05) is 18.3 Å². The van der Waals surface area contributed by atoms with Crippen molar-refractivity contribution < 1.29 is 4.79 Å². The number of ketones is 1. The lowest BCUT2D eigenvalue weighted by molar-refractivity contribution is 0.0881. The van der Waals surface area contributed by atoms with Gasteiger partial charge in [-0.1, -0.05) is 55.4 Å². The fourth-order valence-corrected chi connectivity index (χ4v) is 2.14. The molecule has 120 valence electrons. The molecule has 0 fully saturated rings. The highest BCUT2D eigenvalue weighted by molar-refractivity contribution is 5.95. The van der Waals surface area contributed by atoms with Crippen molar-refractivity contribution in [2.45, 2.75) is 68.4 Å². The van der Waals surface area contributed by atoms with Gasteiger partial charge in [0, 0.05) is 19.2 Å². The Hall–Kier alpha value is -1.05. The summed E-state index contributed by atoms with van der Waals surface area (Å²) in [5.41, 5.74) is 1.08. The summed E-state index contributed by atoms with van der Waals surface area (Å²) in [6.45, 7) is 18.7. The van der Waals surface area contributed by atoms with Crippen LogP contribution in [-0.4, -0.2) is 10.4 Å². The van der Waals surface area contributed by atoms with Crippen molar-refractivity contribution in [3.8, 4) is 0 Å².